The van der Waals surface area contributed by atoms with Gasteiger partial charge in [-0.15, -0.1) is 0 Å². The molecule has 1 aliphatic carbocycles. The summed E-state index contributed by atoms with van der Waals surface area (Å²) in [6.07, 6.45) is 5.55. The standard InChI is InChI=1S/C15H22N2O/c1-11(2)16-10-8-14(18)13-7-3-5-12-6-4-9-17-15(12)13/h4,6,9,11,13,16H,3,5,7-8,10H2,1-2H3. The van der Waals surface area contributed by atoms with E-state index in [4.69, 9.17) is 0 Å². The average Bonchev–Trinajstić information content (AvgIpc) is 2.37. The highest BCUT2D eigenvalue weighted by Crippen LogP contribution is 2.30. The second-order valence-electron chi connectivity index (χ2n) is 5.32. The third kappa shape index (κ3) is 3.16. The van der Waals surface area contributed by atoms with E-state index in [1.807, 2.05) is 6.07 Å². The van der Waals surface area contributed by atoms with E-state index < -0.39 is 0 Å². The maximum Gasteiger partial charge on any atom is 0.143 e. The predicted molar refractivity (Wildman–Crippen MR) is 72.7 cm³/mol. The third-order valence-corrected chi connectivity index (χ3v) is 3.51. The molecule has 3 nitrogen and oxygen atoms in total. The van der Waals surface area contributed by atoms with Gasteiger partial charge in [0.2, 0.25) is 0 Å². The molecule has 1 atom stereocenters. The van der Waals surface area contributed by atoms with Crippen molar-refractivity contribution in [1.29, 1.82) is 0 Å². The quantitative estimate of drug-likeness (QED) is 0.867. The highest BCUT2D eigenvalue weighted by molar-refractivity contribution is 5.86. The van der Waals surface area contributed by atoms with E-state index in [2.05, 4.69) is 30.2 Å². The number of aromatic nitrogens is 1. The Morgan fingerprint density at radius 3 is 3.17 bits per heavy atom. The van der Waals surface area contributed by atoms with Gasteiger partial charge in [0.15, 0.2) is 0 Å². The van der Waals surface area contributed by atoms with Crippen LogP contribution in [0.15, 0.2) is 18.3 Å². The lowest BCUT2D eigenvalue weighted by molar-refractivity contribution is -0.120. The molecule has 0 radical (unpaired) electrons. The van der Waals surface area contributed by atoms with E-state index in [1.54, 1.807) is 6.20 Å². The van der Waals surface area contributed by atoms with Crippen molar-refractivity contribution in [2.45, 2.75) is 51.5 Å². The lowest BCUT2D eigenvalue weighted by Gasteiger charge is -2.23. The van der Waals surface area contributed by atoms with Crippen LogP contribution in [0.1, 0.15) is 50.3 Å². The van der Waals surface area contributed by atoms with Gasteiger partial charge in [0, 0.05) is 25.2 Å². The fourth-order valence-corrected chi connectivity index (χ4v) is 2.58. The minimum Gasteiger partial charge on any atom is -0.314 e. The summed E-state index contributed by atoms with van der Waals surface area (Å²) in [4.78, 5) is 16.7. The van der Waals surface area contributed by atoms with Crippen LogP contribution in [0.5, 0.6) is 0 Å². The smallest absolute Gasteiger partial charge is 0.143 e. The number of aryl methyl sites for hydroxylation is 1. The summed E-state index contributed by atoms with van der Waals surface area (Å²) in [5.41, 5.74) is 2.29. The zero-order chi connectivity index (χ0) is 13.0. The minimum atomic E-state index is 0.0314. The third-order valence-electron chi connectivity index (χ3n) is 3.51. The SMILES string of the molecule is CC(C)NCCC(=O)C1CCCc2cccnc21. The summed E-state index contributed by atoms with van der Waals surface area (Å²) < 4.78 is 0. The minimum absolute atomic E-state index is 0.0314. The zero-order valence-electron chi connectivity index (χ0n) is 11.3. The molecule has 0 fully saturated rings. The van der Waals surface area contributed by atoms with E-state index >= 15 is 0 Å². The molecule has 2 rings (SSSR count). The van der Waals surface area contributed by atoms with Gasteiger partial charge in [-0.05, 0) is 30.9 Å². The monoisotopic (exact) mass is 246 g/mol. The van der Waals surface area contributed by atoms with E-state index in [9.17, 15) is 4.79 Å². The van der Waals surface area contributed by atoms with Crippen molar-refractivity contribution >= 4 is 5.78 Å². The molecule has 1 heterocycles. The maximum atomic E-state index is 12.3. The van der Waals surface area contributed by atoms with Gasteiger partial charge in [0.05, 0.1) is 11.6 Å². The van der Waals surface area contributed by atoms with Crippen LogP contribution in [0.2, 0.25) is 0 Å². The van der Waals surface area contributed by atoms with Crippen LogP contribution in [0.25, 0.3) is 0 Å². The van der Waals surface area contributed by atoms with Gasteiger partial charge in [-0.2, -0.15) is 0 Å². The van der Waals surface area contributed by atoms with Gasteiger partial charge in [-0.3, -0.25) is 9.78 Å². The maximum absolute atomic E-state index is 12.3. The van der Waals surface area contributed by atoms with Crippen molar-refractivity contribution in [3.05, 3.63) is 29.6 Å². The average molecular weight is 246 g/mol. The molecule has 0 aliphatic heterocycles. The second-order valence-corrected chi connectivity index (χ2v) is 5.32. The Kier molecular flexibility index (Phi) is 4.48. The molecule has 1 aromatic heterocycles. The van der Waals surface area contributed by atoms with Crippen LogP contribution in [-0.4, -0.2) is 23.4 Å². The molecule has 1 aliphatic rings. The molecular formula is C15H22N2O. The number of pyridine rings is 1. The largest absolute Gasteiger partial charge is 0.314 e. The molecule has 0 saturated carbocycles. The van der Waals surface area contributed by atoms with Gasteiger partial charge in [-0.25, -0.2) is 0 Å². The number of hydrogen-bond donors (Lipinski definition) is 1. The lowest BCUT2D eigenvalue weighted by Crippen LogP contribution is -2.28. The van der Waals surface area contributed by atoms with Crippen molar-refractivity contribution in [3.63, 3.8) is 0 Å². The van der Waals surface area contributed by atoms with Crippen molar-refractivity contribution in [1.82, 2.24) is 10.3 Å². The van der Waals surface area contributed by atoms with Crippen LogP contribution in [0.3, 0.4) is 0 Å². The van der Waals surface area contributed by atoms with Crippen LogP contribution < -0.4 is 5.32 Å². The van der Waals surface area contributed by atoms with Crippen LogP contribution in [0, 0.1) is 0 Å². The van der Waals surface area contributed by atoms with Crippen LogP contribution in [0.4, 0.5) is 0 Å². The molecule has 3 heteroatoms. The Morgan fingerprint density at radius 1 is 1.56 bits per heavy atom. The molecule has 0 aromatic carbocycles. The summed E-state index contributed by atoms with van der Waals surface area (Å²) >= 11 is 0. The summed E-state index contributed by atoms with van der Waals surface area (Å²) in [6.45, 7) is 4.97. The van der Waals surface area contributed by atoms with E-state index in [-0.39, 0.29) is 5.92 Å². The molecule has 1 aromatic rings. The summed E-state index contributed by atoms with van der Waals surface area (Å²) in [5, 5.41) is 3.30. The summed E-state index contributed by atoms with van der Waals surface area (Å²) in [5.74, 6) is 0.367. The molecular weight excluding hydrogens is 224 g/mol. The van der Waals surface area contributed by atoms with Gasteiger partial charge >= 0.3 is 0 Å². The number of hydrogen-bond acceptors (Lipinski definition) is 3. The van der Waals surface area contributed by atoms with Gasteiger partial charge in [0.25, 0.3) is 0 Å². The van der Waals surface area contributed by atoms with Gasteiger partial charge in [0.1, 0.15) is 5.78 Å². The zero-order valence-corrected chi connectivity index (χ0v) is 11.3. The van der Waals surface area contributed by atoms with Crippen LogP contribution in [-0.2, 0) is 11.2 Å². The second kappa shape index (κ2) is 6.10. The number of rotatable bonds is 5. The Bertz CT molecular complexity index is 415. The Balaban J connectivity index is 1.99. The molecule has 0 amide bonds. The van der Waals surface area contributed by atoms with Crippen molar-refractivity contribution in [2.24, 2.45) is 0 Å². The first-order valence-electron chi connectivity index (χ1n) is 6.88. The topological polar surface area (TPSA) is 42.0 Å². The highest BCUT2D eigenvalue weighted by Gasteiger charge is 2.26. The van der Waals surface area contributed by atoms with Gasteiger partial charge < -0.3 is 5.32 Å². The first-order valence-corrected chi connectivity index (χ1v) is 6.88. The molecule has 98 valence electrons. The Morgan fingerprint density at radius 2 is 2.39 bits per heavy atom. The predicted octanol–water partition coefficient (Wildman–Crippen LogP) is 2.46. The Labute approximate surface area is 109 Å². The van der Waals surface area contributed by atoms with E-state index in [0.29, 0.717) is 18.2 Å². The van der Waals surface area contributed by atoms with Crippen molar-refractivity contribution in [3.8, 4) is 0 Å². The van der Waals surface area contributed by atoms with Crippen LogP contribution >= 0.6 is 0 Å². The number of carbonyl (C=O) groups excluding carboxylic acids is 1. The molecule has 0 saturated heterocycles. The molecule has 0 bridgehead atoms. The number of nitrogens with one attached hydrogen (secondary N) is 1. The Hall–Kier alpha value is -1.22. The summed E-state index contributed by atoms with van der Waals surface area (Å²) in [7, 11) is 0. The number of Topliss-reactive ketones (excluding diaryl/α,β-unsaturated/α-hetero) is 1. The fourth-order valence-electron chi connectivity index (χ4n) is 2.58. The molecule has 18 heavy (non-hydrogen) atoms. The lowest BCUT2D eigenvalue weighted by atomic mass is 9.83. The summed E-state index contributed by atoms with van der Waals surface area (Å²) in [6, 6.07) is 4.51. The normalized spacial score (nSPS) is 18.7. The van der Waals surface area contributed by atoms with Crippen molar-refractivity contribution in [2.75, 3.05) is 6.54 Å². The van der Waals surface area contributed by atoms with Crippen molar-refractivity contribution < 1.29 is 4.79 Å². The molecule has 1 unspecified atom stereocenters. The number of ketones is 1. The first kappa shape index (κ1) is 13.2. The first-order chi connectivity index (χ1) is 8.68. The number of nitrogens with zero attached hydrogens (tertiary/aromatic N) is 1. The number of carbonyl (C=O) groups is 1. The number of fused-ring (bicyclic) bond motifs is 1. The molecule has 1 N–H and O–H groups in total. The van der Waals surface area contributed by atoms with E-state index in [1.165, 1.54) is 5.56 Å². The molecule has 0 spiro atoms. The fraction of sp³-hybridized carbons (Fsp3) is 0.600. The highest BCUT2D eigenvalue weighted by atomic mass is 16.1. The van der Waals surface area contributed by atoms with Gasteiger partial charge in [-0.1, -0.05) is 19.9 Å². The van der Waals surface area contributed by atoms with E-state index in [0.717, 1.165) is 31.5 Å².